The molecule has 0 radical (unpaired) electrons. The fourth-order valence-corrected chi connectivity index (χ4v) is 3.18. The molecule has 4 nitrogen and oxygen atoms in total. The number of benzene rings is 3. The van der Waals surface area contributed by atoms with Gasteiger partial charge in [0, 0.05) is 12.0 Å². The number of carbonyl (C=O) groups excluding carboxylic acids is 1. The zero-order valence-corrected chi connectivity index (χ0v) is 16.5. The zero-order chi connectivity index (χ0) is 20.5. The van der Waals surface area contributed by atoms with E-state index < -0.39 is 6.04 Å². The van der Waals surface area contributed by atoms with Crippen molar-refractivity contribution in [1.29, 1.82) is 0 Å². The number of hydrogen-bond acceptors (Lipinski definition) is 2. The van der Waals surface area contributed by atoms with Crippen LogP contribution < -0.4 is 15.4 Å². The first-order valence-electron chi connectivity index (χ1n) is 9.82. The van der Waals surface area contributed by atoms with Crippen molar-refractivity contribution in [2.24, 2.45) is 0 Å². The van der Waals surface area contributed by atoms with Gasteiger partial charge in [-0.1, -0.05) is 54.6 Å². The minimum atomic E-state index is -0.397. The molecule has 5 heteroatoms. The summed E-state index contributed by atoms with van der Waals surface area (Å²) in [7, 11) is 0. The van der Waals surface area contributed by atoms with Crippen LogP contribution in [0.25, 0.3) is 0 Å². The largest absolute Gasteiger partial charge is 0.492 e. The zero-order valence-electron chi connectivity index (χ0n) is 16.5. The maximum atomic E-state index is 13.1. The molecule has 0 saturated heterocycles. The molecule has 3 N–H and O–H groups in total. The van der Waals surface area contributed by atoms with Crippen LogP contribution in [0, 0.1) is 5.82 Å². The summed E-state index contributed by atoms with van der Waals surface area (Å²) in [4.78, 5) is 13.1. The lowest BCUT2D eigenvalue weighted by molar-refractivity contribution is -0.682. The fourth-order valence-electron chi connectivity index (χ4n) is 3.18. The molecule has 3 aromatic rings. The molecular weight excluding hydrogens is 367 g/mol. The predicted molar refractivity (Wildman–Crippen MR) is 112 cm³/mol. The summed E-state index contributed by atoms with van der Waals surface area (Å²) in [5.74, 6) is 0.302. The molecule has 3 aromatic carbocycles. The van der Waals surface area contributed by atoms with E-state index in [9.17, 15) is 9.18 Å². The Balaban J connectivity index is 1.71. The smallest absolute Gasteiger partial charge is 0.287 e. The molecule has 150 valence electrons. The maximum Gasteiger partial charge on any atom is 0.287 e. The van der Waals surface area contributed by atoms with Gasteiger partial charge < -0.3 is 15.4 Å². The molecule has 0 aliphatic heterocycles. The highest BCUT2D eigenvalue weighted by atomic mass is 19.1. The standard InChI is InChI=1S/C24H25FN2O2/c1-2-29-22-11-7-6-10-21(22)27-24(28)23(19-8-4-3-5-9-19)26-17-16-18-12-14-20(25)15-13-18/h3-15,23,26H,2,16-17H2,1H3,(H,27,28)/p+1/t23-/m0/s1. The molecule has 0 fully saturated rings. The van der Waals surface area contributed by atoms with Crippen LogP contribution in [0.3, 0.4) is 0 Å². The van der Waals surface area contributed by atoms with Crippen LogP contribution in [-0.2, 0) is 11.2 Å². The van der Waals surface area contributed by atoms with Crippen LogP contribution in [0.1, 0.15) is 24.1 Å². The van der Waals surface area contributed by atoms with Gasteiger partial charge in [-0.25, -0.2) is 4.39 Å². The van der Waals surface area contributed by atoms with Crippen LogP contribution in [0.15, 0.2) is 78.9 Å². The number of amides is 1. The van der Waals surface area contributed by atoms with E-state index in [1.54, 1.807) is 12.1 Å². The summed E-state index contributed by atoms with van der Waals surface area (Å²) in [6.45, 7) is 3.14. The van der Waals surface area contributed by atoms with Crippen molar-refractivity contribution in [2.75, 3.05) is 18.5 Å². The van der Waals surface area contributed by atoms with Gasteiger partial charge in [-0.05, 0) is 36.8 Å². The van der Waals surface area contributed by atoms with E-state index in [0.29, 0.717) is 24.6 Å². The van der Waals surface area contributed by atoms with Gasteiger partial charge in [0.05, 0.1) is 18.8 Å². The van der Waals surface area contributed by atoms with E-state index >= 15 is 0 Å². The van der Waals surface area contributed by atoms with Crippen molar-refractivity contribution < 1.29 is 19.2 Å². The van der Waals surface area contributed by atoms with Crippen LogP contribution in [0.2, 0.25) is 0 Å². The topological polar surface area (TPSA) is 54.9 Å². The van der Waals surface area contributed by atoms with Gasteiger partial charge in [-0.3, -0.25) is 4.79 Å². The second-order valence-corrected chi connectivity index (χ2v) is 6.71. The molecule has 0 aliphatic carbocycles. The third-order valence-electron chi connectivity index (χ3n) is 4.63. The van der Waals surface area contributed by atoms with E-state index in [2.05, 4.69) is 5.32 Å². The molecule has 3 rings (SSSR count). The average Bonchev–Trinajstić information content (AvgIpc) is 2.74. The average molecular weight is 393 g/mol. The number of anilines is 1. The van der Waals surface area contributed by atoms with Crippen LogP contribution in [-0.4, -0.2) is 19.1 Å². The summed E-state index contributed by atoms with van der Waals surface area (Å²) >= 11 is 0. The molecule has 29 heavy (non-hydrogen) atoms. The van der Waals surface area contributed by atoms with Crippen molar-refractivity contribution in [2.45, 2.75) is 19.4 Å². The highest BCUT2D eigenvalue weighted by molar-refractivity contribution is 5.95. The normalized spacial score (nSPS) is 11.7. The number of hydrogen-bond donors (Lipinski definition) is 2. The molecule has 0 saturated carbocycles. The van der Waals surface area contributed by atoms with E-state index in [-0.39, 0.29) is 11.7 Å². The lowest BCUT2D eigenvalue weighted by Gasteiger charge is -2.17. The van der Waals surface area contributed by atoms with Gasteiger partial charge in [-0.15, -0.1) is 0 Å². The Kier molecular flexibility index (Phi) is 7.36. The Hall–Kier alpha value is -3.18. The third-order valence-corrected chi connectivity index (χ3v) is 4.63. The Morgan fingerprint density at radius 3 is 2.41 bits per heavy atom. The highest BCUT2D eigenvalue weighted by Gasteiger charge is 2.24. The van der Waals surface area contributed by atoms with Crippen molar-refractivity contribution in [3.8, 4) is 5.75 Å². The van der Waals surface area contributed by atoms with Crippen LogP contribution in [0.5, 0.6) is 5.75 Å². The molecule has 1 amide bonds. The highest BCUT2D eigenvalue weighted by Crippen LogP contribution is 2.24. The first-order chi connectivity index (χ1) is 14.2. The number of nitrogens with one attached hydrogen (secondary N) is 1. The lowest BCUT2D eigenvalue weighted by Crippen LogP contribution is -2.87. The van der Waals surface area contributed by atoms with Crippen molar-refractivity contribution in [1.82, 2.24) is 0 Å². The number of para-hydroxylation sites is 2. The van der Waals surface area contributed by atoms with Gasteiger partial charge in [0.25, 0.3) is 5.91 Å². The molecule has 0 spiro atoms. The van der Waals surface area contributed by atoms with Gasteiger partial charge in [0.2, 0.25) is 0 Å². The summed E-state index contributed by atoms with van der Waals surface area (Å²) in [6, 6.07) is 23.2. The van der Waals surface area contributed by atoms with Gasteiger partial charge >= 0.3 is 0 Å². The molecule has 0 heterocycles. The monoisotopic (exact) mass is 393 g/mol. The van der Waals surface area contributed by atoms with Gasteiger partial charge in [-0.2, -0.15) is 0 Å². The molecule has 0 aromatic heterocycles. The molecular formula is C24H26FN2O2+. The quantitative estimate of drug-likeness (QED) is 0.582. The second kappa shape index (κ2) is 10.4. The first kappa shape index (κ1) is 20.6. The molecule has 0 aliphatic rings. The molecule has 0 unspecified atom stereocenters. The van der Waals surface area contributed by atoms with Gasteiger partial charge in [0.1, 0.15) is 11.6 Å². The predicted octanol–water partition coefficient (Wildman–Crippen LogP) is 3.71. The number of quaternary nitrogens is 1. The number of ether oxygens (including phenoxy) is 1. The maximum absolute atomic E-state index is 13.1. The van der Waals surface area contributed by atoms with Gasteiger partial charge in [0.15, 0.2) is 6.04 Å². The SMILES string of the molecule is CCOc1ccccc1NC(=O)[C@@H]([NH2+]CCc1ccc(F)cc1)c1ccccc1. The molecule has 0 bridgehead atoms. The summed E-state index contributed by atoms with van der Waals surface area (Å²) in [6.07, 6.45) is 0.742. The van der Waals surface area contributed by atoms with E-state index in [1.165, 1.54) is 12.1 Å². The van der Waals surface area contributed by atoms with E-state index in [4.69, 9.17) is 4.74 Å². The minimum absolute atomic E-state index is 0.109. The first-order valence-corrected chi connectivity index (χ1v) is 9.82. The Morgan fingerprint density at radius 2 is 1.69 bits per heavy atom. The number of carbonyl (C=O) groups is 1. The summed E-state index contributed by atoms with van der Waals surface area (Å²) in [5, 5.41) is 5.02. The third kappa shape index (κ3) is 5.90. The summed E-state index contributed by atoms with van der Waals surface area (Å²) < 4.78 is 18.7. The fraction of sp³-hybridized carbons (Fsp3) is 0.208. The molecule has 1 atom stereocenters. The van der Waals surface area contributed by atoms with Crippen LogP contribution in [0.4, 0.5) is 10.1 Å². The van der Waals surface area contributed by atoms with E-state index in [1.807, 2.05) is 66.8 Å². The van der Waals surface area contributed by atoms with E-state index in [0.717, 1.165) is 17.5 Å². The number of nitrogens with two attached hydrogens (primary N) is 1. The second-order valence-electron chi connectivity index (χ2n) is 6.71. The minimum Gasteiger partial charge on any atom is -0.492 e. The summed E-state index contributed by atoms with van der Waals surface area (Å²) in [5.41, 5.74) is 2.63. The van der Waals surface area contributed by atoms with Crippen LogP contribution >= 0.6 is 0 Å². The Bertz CT molecular complexity index is 914. The Labute approximate surface area is 170 Å². The Morgan fingerprint density at radius 1 is 1.00 bits per heavy atom. The lowest BCUT2D eigenvalue weighted by atomic mass is 10.1. The number of rotatable bonds is 9. The van der Waals surface area contributed by atoms with Crippen molar-refractivity contribution in [3.05, 3.63) is 95.8 Å². The van der Waals surface area contributed by atoms with Crippen molar-refractivity contribution >= 4 is 11.6 Å². The number of halogens is 1. The van der Waals surface area contributed by atoms with Crippen molar-refractivity contribution in [3.63, 3.8) is 0 Å².